The van der Waals surface area contributed by atoms with E-state index < -0.39 is 22.2 Å². The maximum Gasteiger partial charge on any atom is 0.324 e. The Kier molecular flexibility index (Phi) is 5.77. The molecule has 1 heterocycles. The van der Waals surface area contributed by atoms with Gasteiger partial charge in [-0.25, -0.2) is 4.98 Å². The second-order valence-corrected chi connectivity index (χ2v) is 7.65. The lowest BCUT2D eigenvalue weighted by Gasteiger charge is -2.26. The van der Waals surface area contributed by atoms with E-state index in [0.717, 1.165) is 25.7 Å². The predicted octanol–water partition coefficient (Wildman–Crippen LogP) is 0.213. The van der Waals surface area contributed by atoms with Gasteiger partial charge in [-0.15, -0.1) is 0 Å². The summed E-state index contributed by atoms with van der Waals surface area (Å²) in [5.74, 6) is -0.626. The van der Waals surface area contributed by atoms with Gasteiger partial charge in [0.2, 0.25) is 0 Å². The number of ether oxygens (including phenoxy) is 1. The fraction of sp³-hybridized carbons (Fsp3) is 0.714. The van der Waals surface area contributed by atoms with E-state index in [1.165, 1.54) is 11.4 Å². The second-order valence-electron chi connectivity index (χ2n) is 5.89. The maximum absolute atomic E-state index is 12.5. The van der Waals surface area contributed by atoms with Gasteiger partial charge in [-0.05, 0) is 12.8 Å². The van der Waals surface area contributed by atoms with E-state index >= 15 is 0 Å². The van der Waals surface area contributed by atoms with Crippen molar-refractivity contribution in [1.29, 1.82) is 0 Å². The molecule has 1 aliphatic rings. The standard InChI is InChI=1S/C14H24N4O4S/c1-17-9-11(15-10-17)8-13(14(19)22-3)16-23(20,21)18(2)12-6-4-5-7-12/h9-10,12-13,16H,4-8H2,1-3H3/t13-/m0/s1. The largest absolute Gasteiger partial charge is 0.468 e. The molecule has 0 saturated heterocycles. The summed E-state index contributed by atoms with van der Waals surface area (Å²) in [5.41, 5.74) is 0.620. The van der Waals surface area contributed by atoms with Gasteiger partial charge in [-0.1, -0.05) is 12.8 Å². The molecule has 0 amide bonds. The topological polar surface area (TPSA) is 93.5 Å². The van der Waals surface area contributed by atoms with Gasteiger partial charge in [0, 0.05) is 32.8 Å². The molecule has 1 saturated carbocycles. The fourth-order valence-electron chi connectivity index (χ4n) is 2.82. The van der Waals surface area contributed by atoms with Gasteiger partial charge in [-0.2, -0.15) is 17.4 Å². The lowest BCUT2D eigenvalue weighted by atomic mass is 10.2. The molecule has 1 fully saturated rings. The van der Waals surface area contributed by atoms with Gasteiger partial charge >= 0.3 is 5.97 Å². The molecule has 1 aliphatic carbocycles. The maximum atomic E-state index is 12.5. The molecule has 8 nitrogen and oxygen atoms in total. The lowest BCUT2D eigenvalue weighted by molar-refractivity contribution is -0.142. The highest BCUT2D eigenvalue weighted by atomic mass is 32.2. The Morgan fingerprint density at radius 2 is 2.17 bits per heavy atom. The van der Waals surface area contributed by atoms with Crippen LogP contribution in [0.25, 0.3) is 0 Å². The highest BCUT2D eigenvalue weighted by Crippen LogP contribution is 2.24. The molecule has 0 aliphatic heterocycles. The van der Waals surface area contributed by atoms with Crippen LogP contribution in [-0.2, 0) is 33.2 Å². The monoisotopic (exact) mass is 344 g/mol. The Labute approximate surface area is 137 Å². The molecule has 130 valence electrons. The van der Waals surface area contributed by atoms with Crippen molar-refractivity contribution in [2.24, 2.45) is 7.05 Å². The molecular formula is C14H24N4O4S. The number of aromatic nitrogens is 2. The average Bonchev–Trinajstić information content (AvgIpc) is 3.16. The van der Waals surface area contributed by atoms with Crippen molar-refractivity contribution in [3.8, 4) is 0 Å². The number of nitrogens with zero attached hydrogens (tertiary/aromatic N) is 3. The van der Waals surface area contributed by atoms with Crippen molar-refractivity contribution >= 4 is 16.2 Å². The van der Waals surface area contributed by atoms with Crippen LogP contribution in [-0.4, -0.2) is 54.5 Å². The minimum atomic E-state index is -3.76. The number of rotatable bonds is 7. The van der Waals surface area contributed by atoms with E-state index in [1.807, 2.05) is 7.05 Å². The first-order valence-electron chi connectivity index (χ1n) is 7.63. The van der Waals surface area contributed by atoms with E-state index in [2.05, 4.69) is 9.71 Å². The van der Waals surface area contributed by atoms with Crippen LogP contribution in [0.15, 0.2) is 12.5 Å². The van der Waals surface area contributed by atoms with Gasteiger partial charge in [0.15, 0.2) is 0 Å². The number of imidazole rings is 1. The molecule has 23 heavy (non-hydrogen) atoms. The second kappa shape index (κ2) is 7.41. The van der Waals surface area contributed by atoms with Gasteiger partial charge in [0.25, 0.3) is 10.2 Å². The first-order chi connectivity index (χ1) is 10.8. The smallest absolute Gasteiger partial charge is 0.324 e. The van der Waals surface area contributed by atoms with Crippen LogP contribution in [0.4, 0.5) is 0 Å². The van der Waals surface area contributed by atoms with Crippen molar-refractivity contribution in [3.63, 3.8) is 0 Å². The molecule has 0 unspecified atom stereocenters. The van der Waals surface area contributed by atoms with Crippen LogP contribution in [0, 0.1) is 0 Å². The SMILES string of the molecule is COC(=O)[C@H](Cc1cn(C)cn1)NS(=O)(=O)N(C)C1CCCC1. The molecule has 1 atom stereocenters. The third-order valence-corrected chi connectivity index (χ3v) is 5.81. The summed E-state index contributed by atoms with van der Waals surface area (Å²) < 4.78 is 35.3. The molecule has 9 heteroatoms. The van der Waals surface area contributed by atoms with E-state index in [-0.39, 0.29) is 12.5 Å². The van der Waals surface area contributed by atoms with Gasteiger partial charge < -0.3 is 9.30 Å². The number of carbonyl (C=O) groups excluding carboxylic acids is 1. The number of hydrogen-bond acceptors (Lipinski definition) is 5. The quantitative estimate of drug-likeness (QED) is 0.714. The van der Waals surface area contributed by atoms with E-state index in [9.17, 15) is 13.2 Å². The number of aryl methyl sites for hydroxylation is 1. The summed E-state index contributed by atoms with van der Waals surface area (Å²) in [6.07, 6.45) is 7.23. The third kappa shape index (κ3) is 4.52. The minimum absolute atomic E-state index is 0.0133. The zero-order chi connectivity index (χ0) is 17.0. The zero-order valence-corrected chi connectivity index (χ0v) is 14.5. The third-order valence-electron chi connectivity index (χ3n) is 4.17. The predicted molar refractivity (Wildman–Crippen MR) is 84.8 cm³/mol. The Hall–Kier alpha value is -1.45. The molecule has 0 bridgehead atoms. The lowest BCUT2D eigenvalue weighted by Crippen LogP contribution is -2.50. The Morgan fingerprint density at radius 1 is 1.52 bits per heavy atom. The van der Waals surface area contributed by atoms with Crippen LogP contribution in [0.3, 0.4) is 0 Å². The number of esters is 1. The molecular weight excluding hydrogens is 320 g/mol. The Morgan fingerprint density at radius 3 is 2.70 bits per heavy atom. The van der Waals surface area contributed by atoms with Gasteiger partial charge in [0.05, 0.1) is 19.1 Å². The number of hydrogen-bond donors (Lipinski definition) is 1. The highest BCUT2D eigenvalue weighted by molar-refractivity contribution is 7.87. The normalized spacial score (nSPS) is 17.6. The molecule has 0 aromatic carbocycles. The summed E-state index contributed by atoms with van der Waals surface area (Å²) >= 11 is 0. The number of carbonyl (C=O) groups is 1. The van der Waals surface area contributed by atoms with Crippen LogP contribution in [0.1, 0.15) is 31.4 Å². The van der Waals surface area contributed by atoms with Crippen molar-refractivity contribution in [2.75, 3.05) is 14.2 Å². The van der Waals surface area contributed by atoms with Crippen molar-refractivity contribution < 1.29 is 17.9 Å². The summed E-state index contributed by atoms with van der Waals surface area (Å²) in [5, 5.41) is 0. The first kappa shape index (κ1) is 17.9. The highest BCUT2D eigenvalue weighted by Gasteiger charge is 2.33. The minimum Gasteiger partial charge on any atom is -0.468 e. The van der Waals surface area contributed by atoms with Gasteiger partial charge in [-0.3, -0.25) is 4.79 Å². The summed E-state index contributed by atoms with van der Waals surface area (Å²) in [6, 6.07) is -1.01. The Bertz CT molecular complexity index is 637. The molecule has 0 radical (unpaired) electrons. The van der Waals surface area contributed by atoms with E-state index in [4.69, 9.17) is 4.74 Å². The van der Waals surface area contributed by atoms with Crippen LogP contribution >= 0.6 is 0 Å². The molecule has 1 aromatic heterocycles. The van der Waals surface area contributed by atoms with E-state index in [1.54, 1.807) is 24.1 Å². The molecule has 0 spiro atoms. The zero-order valence-electron chi connectivity index (χ0n) is 13.7. The van der Waals surface area contributed by atoms with Gasteiger partial charge in [0.1, 0.15) is 6.04 Å². The molecule has 1 N–H and O–H groups in total. The van der Waals surface area contributed by atoms with Crippen molar-refractivity contribution in [2.45, 2.75) is 44.2 Å². The van der Waals surface area contributed by atoms with Crippen LogP contribution in [0.2, 0.25) is 0 Å². The van der Waals surface area contributed by atoms with Crippen molar-refractivity contribution in [3.05, 3.63) is 18.2 Å². The number of methoxy groups -OCH3 is 1. The molecule has 1 aromatic rings. The number of nitrogens with one attached hydrogen (secondary N) is 1. The van der Waals surface area contributed by atoms with E-state index in [0.29, 0.717) is 5.69 Å². The summed E-state index contributed by atoms with van der Waals surface area (Å²) in [4.78, 5) is 16.1. The average molecular weight is 344 g/mol. The summed E-state index contributed by atoms with van der Waals surface area (Å²) in [6.45, 7) is 0. The first-order valence-corrected chi connectivity index (χ1v) is 9.07. The van der Waals surface area contributed by atoms with Crippen LogP contribution < -0.4 is 4.72 Å². The fourth-order valence-corrected chi connectivity index (χ4v) is 4.13. The van der Waals surface area contributed by atoms with Crippen LogP contribution in [0.5, 0.6) is 0 Å². The Balaban J connectivity index is 2.10. The molecule has 2 rings (SSSR count). The summed E-state index contributed by atoms with van der Waals surface area (Å²) in [7, 11) is 0.832. The van der Waals surface area contributed by atoms with Crippen molar-refractivity contribution in [1.82, 2.24) is 18.6 Å².